The first kappa shape index (κ1) is 22.4. The fourth-order valence-corrected chi connectivity index (χ4v) is 5.14. The van der Waals surface area contributed by atoms with Gasteiger partial charge in [0.1, 0.15) is 22.8 Å². The van der Waals surface area contributed by atoms with Crippen LogP contribution >= 0.6 is 11.6 Å². The maximum absolute atomic E-state index is 13.8. The summed E-state index contributed by atoms with van der Waals surface area (Å²) in [6.07, 6.45) is 4.00. The molecule has 0 bridgehead atoms. The third-order valence-electron chi connectivity index (χ3n) is 6.65. The van der Waals surface area contributed by atoms with Gasteiger partial charge in [0.05, 0.1) is 29.5 Å². The Morgan fingerprint density at radius 3 is 2.53 bits per heavy atom. The molecule has 0 atom stereocenters. The van der Waals surface area contributed by atoms with Crippen LogP contribution in [-0.4, -0.2) is 30.3 Å². The van der Waals surface area contributed by atoms with Gasteiger partial charge in [-0.2, -0.15) is 5.10 Å². The van der Waals surface area contributed by atoms with Crippen molar-refractivity contribution in [3.05, 3.63) is 106 Å². The normalized spacial score (nSPS) is 12.8. The summed E-state index contributed by atoms with van der Waals surface area (Å²) >= 11 is 6.41. The number of aryl methyl sites for hydroxylation is 3. The second-order valence-electron chi connectivity index (χ2n) is 9.14. The highest BCUT2D eigenvalue weighted by atomic mass is 35.5. The molecule has 0 spiro atoms. The minimum atomic E-state index is -0.154. The van der Waals surface area contributed by atoms with Crippen LogP contribution in [0.1, 0.15) is 38.5 Å². The highest BCUT2D eigenvalue weighted by molar-refractivity contribution is 6.33. The molecule has 0 aliphatic carbocycles. The summed E-state index contributed by atoms with van der Waals surface area (Å²) in [5.41, 5.74) is 6.82. The molecular weight excluding hydrogens is 474 g/mol. The first-order chi connectivity index (χ1) is 17.4. The minimum Gasteiger partial charge on any atom is -0.360 e. The van der Waals surface area contributed by atoms with Crippen molar-refractivity contribution in [2.24, 2.45) is 0 Å². The van der Waals surface area contributed by atoms with Crippen molar-refractivity contribution in [3.8, 4) is 22.8 Å². The second kappa shape index (κ2) is 8.53. The zero-order valence-corrected chi connectivity index (χ0v) is 21.0. The van der Waals surface area contributed by atoms with Crippen LogP contribution in [0.2, 0.25) is 5.02 Å². The molecular formula is C28H24ClN5O2. The van der Waals surface area contributed by atoms with Gasteiger partial charge in [-0.1, -0.05) is 52.7 Å². The van der Waals surface area contributed by atoms with Gasteiger partial charge in [-0.15, -0.1) is 0 Å². The second-order valence-corrected chi connectivity index (χ2v) is 9.55. The average molecular weight is 498 g/mol. The summed E-state index contributed by atoms with van der Waals surface area (Å²) < 4.78 is 9.49. The fraction of sp³-hybridized carbons (Fsp3) is 0.179. The number of rotatable bonds is 4. The number of hydrogen-bond donors (Lipinski definition) is 0. The van der Waals surface area contributed by atoms with E-state index < -0.39 is 0 Å². The molecule has 36 heavy (non-hydrogen) atoms. The number of amides is 1. The largest absolute Gasteiger partial charge is 0.360 e. The number of hydrogen-bond acceptors (Lipinski definition) is 4. The van der Waals surface area contributed by atoms with Gasteiger partial charge in [-0.25, -0.2) is 4.68 Å². The SMILES string of the molecule is Cc1ccc(-n2nc3c(c2-n2cccc2)CN(C(=O)c2c(-c4ccccc4Cl)noc2C)C3)c(C)c1. The third-order valence-corrected chi connectivity index (χ3v) is 6.98. The smallest absolute Gasteiger partial charge is 0.260 e. The molecule has 8 heteroatoms. The van der Waals surface area contributed by atoms with Crippen LogP contribution in [0.4, 0.5) is 0 Å². The summed E-state index contributed by atoms with van der Waals surface area (Å²) in [5, 5.41) is 9.67. The number of halogens is 1. The Hall–Kier alpha value is -4.10. The molecule has 7 nitrogen and oxygen atoms in total. The molecule has 5 aromatic rings. The van der Waals surface area contributed by atoms with Crippen molar-refractivity contribution in [1.82, 2.24) is 24.4 Å². The summed E-state index contributed by atoms with van der Waals surface area (Å²) in [5.74, 6) is 1.24. The summed E-state index contributed by atoms with van der Waals surface area (Å²) in [7, 11) is 0. The molecule has 6 rings (SSSR count). The minimum absolute atomic E-state index is 0.154. The van der Waals surface area contributed by atoms with Crippen LogP contribution in [0.15, 0.2) is 71.5 Å². The van der Waals surface area contributed by atoms with E-state index in [2.05, 4.69) is 41.8 Å². The van der Waals surface area contributed by atoms with Crippen molar-refractivity contribution < 1.29 is 9.32 Å². The van der Waals surface area contributed by atoms with Gasteiger partial charge >= 0.3 is 0 Å². The number of fused-ring (bicyclic) bond motifs is 1. The van der Waals surface area contributed by atoms with Gasteiger partial charge in [-0.05, 0) is 50.6 Å². The van der Waals surface area contributed by atoms with E-state index >= 15 is 0 Å². The Morgan fingerprint density at radius 2 is 1.78 bits per heavy atom. The average Bonchev–Trinajstić information content (AvgIpc) is 3.63. The van der Waals surface area contributed by atoms with Crippen LogP contribution in [0.3, 0.4) is 0 Å². The van der Waals surface area contributed by atoms with Crippen molar-refractivity contribution in [2.45, 2.75) is 33.9 Å². The molecule has 0 N–H and O–H groups in total. The van der Waals surface area contributed by atoms with Crippen LogP contribution in [0.25, 0.3) is 22.8 Å². The van der Waals surface area contributed by atoms with Gasteiger partial charge < -0.3 is 14.0 Å². The van der Waals surface area contributed by atoms with Crippen molar-refractivity contribution >= 4 is 17.5 Å². The quantitative estimate of drug-likeness (QED) is 0.303. The molecule has 1 aliphatic rings. The molecule has 4 heterocycles. The maximum Gasteiger partial charge on any atom is 0.260 e. The van der Waals surface area contributed by atoms with Gasteiger partial charge in [-0.3, -0.25) is 4.79 Å². The van der Waals surface area contributed by atoms with E-state index in [1.54, 1.807) is 17.9 Å². The summed E-state index contributed by atoms with van der Waals surface area (Å²) in [6.45, 7) is 6.75. The fourth-order valence-electron chi connectivity index (χ4n) is 4.92. The number of carbonyl (C=O) groups excluding carboxylic acids is 1. The number of nitrogens with zero attached hydrogens (tertiary/aromatic N) is 5. The molecule has 1 amide bonds. The van der Waals surface area contributed by atoms with E-state index in [9.17, 15) is 4.79 Å². The molecule has 1 aliphatic heterocycles. The summed E-state index contributed by atoms with van der Waals surface area (Å²) in [4.78, 5) is 15.6. The van der Waals surface area contributed by atoms with Gasteiger partial charge in [0.25, 0.3) is 5.91 Å². The Morgan fingerprint density at radius 1 is 1.00 bits per heavy atom. The van der Waals surface area contributed by atoms with E-state index in [-0.39, 0.29) is 5.91 Å². The monoisotopic (exact) mass is 497 g/mol. The lowest BCUT2D eigenvalue weighted by atomic mass is 10.1. The Bertz CT molecular complexity index is 1610. The van der Waals surface area contributed by atoms with Crippen LogP contribution in [0.5, 0.6) is 0 Å². The lowest BCUT2D eigenvalue weighted by Crippen LogP contribution is -2.27. The number of benzene rings is 2. The van der Waals surface area contributed by atoms with Crippen molar-refractivity contribution in [3.63, 3.8) is 0 Å². The first-order valence-electron chi connectivity index (χ1n) is 11.7. The zero-order valence-electron chi connectivity index (χ0n) is 20.2. The highest BCUT2D eigenvalue weighted by Crippen LogP contribution is 2.36. The van der Waals surface area contributed by atoms with Crippen LogP contribution in [-0.2, 0) is 13.1 Å². The summed E-state index contributed by atoms with van der Waals surface area (Å²) in [6, 6.07) is 17.6. The Kier molecular flexibility index (Phi) is 5.30. The Balaban J connectivity index is 1.40. The standard InChI is InChI=1S/C28H24ClN5O2/c1-17-10-11-24(18(2)14-17)34-27(32-12-6-7-13-32)21-15-33(16-23(21)30-34)28(35)25-19(3)36-31-26(25)20-8-4-5-9-22(20)29/h4-14H,15-16H2,1-3H3. The maximum atomic E-state index is 13.8. The third kappa shape index (κ3) is 3.55. The van der Waals surface area contributed by atoms with Crippen LogP contribution < -0.4 is 0 Å². The first-order valence-corrected chi connectivity index (χ1v) is 12.1. The van der Waals surface area contributed by atoms with E-state index in [0.29, 0.717) is 40.7 Å². The van der Waals surface area contributed by atoms with Crippen molar-refractivity contribution in [2.75, 3.05) is 0 Å². The Labute approximate surface area is 213 Å². The van der Waals surface area contributed by atoms with Crippen molar-refractivity contribution in [1.29, 1.82) is 0 Å². The van der Waals surface area contributed by atoms with Gasteiger partial charge in [0.2, 0.25) is 0 Å². The molecule has 0 fully saturated rings. The lowest BCUT2D eigenvalue weighted by Gasteiger charge is -2.18. The lowest BCUT2D eigenvalue weighted by molar-refractivity contribution is 0.0748. The number of aromatic nitrogens is 4. The van der Waals surface area contributed by atoms with Gasteiger partial charge in [0.15, 0.2) is 0 Å². The highest BCUT2D eigenvalue weighted by Gasteiger charge is 2.35. The van der Waals surface area contributed by atoms with E-state index in [1.165, 1.54) is 5.56 Å². The molecule has 0 saturated heterocycles. The number of carbonyl (C=O) groups is 1. The molecule has 0 radical (unpaired) electrons. The molecule has 0 saturated carbocycles. The van der Waals surface area contributed by atoms with E-state index in [1.807, 2.05) is 47.4 Å². The molecule has 180 valence electrons. The molecule has 2 aromatic carbocycles. The molecule has 0 unspecified atom stereocenters. The predicted molar refractivity (Wildman–Crippen MR) is 138 cm³/mol. The van der Waals surface area contributed by atoms with E-state index in [4.69, 9.17) is 21.2 Å². The topological polar surface area (TPSA) is 69.1 Å². The van der Waals surface area contributed by atoms with Gasteiger partial charge in [0, 0.05) is 23.5 Å². The van der Waals surface area contributed by atoms with Crippen LogP contribution in [0, 0.1) is 20.8 Å². The molecule has 3 aromatic heterocycles. The van der Waals surface area contributed by atoms with E-state index in [0.717, 1.165) is 28.3 Å². The predicted octanol–water partition coefficient (Wildman–Crippen LogP) is 6.05. The zero-order chi connectivity index (χ0) is 25.0.